The summed E-state index contributed by atoms with van der Waals surface area (Å²) >= 11 is 1.41. The Balaban J connectivity index is 1.37. The number of halogens is 1. The number of carbonyl (C=O) groups is 1. The molecule has 1 spiro atoms. The lowest BCUT2D eigenvalue weighted by Crippen LogP contribution is -2.67. The molecule has 0 saturated heterocycles. The monoisotopic (exact) mass is 374 g/mol. The van der Waals surface area contributed by atoms with Gasteiger partial charge in [0.1, 0.15) is 10.7 Å². The van der Waals surface area contributed by atoms with E-state index >= 15 is 0 Å². The molecule has 2 saturated carbocycles. The van der Waals surface area contributed by atoms with Crippen molar-refractivity contribution >= 4 is 17.2 Å². The molecule has 26 heavy (non-hydrogen) atoms. The minimum atomic E-state index is -0.247. The topological polar surface area (TPSA) is 51.2 Å². The Hall–Kier alpha value is -1.79. The first-order valence-electron chi connectivity index (χ1n) is 9.22. The summed E-state index contributed by atoms with van der Waals surface area (Å²) in [6.45, 7) is 2.76. The predicted octanol–water partition coefficient (Wildman–Crippen LogP) is 3.95. The maximum Gasteiger partial charge on any atom is 0.263 e. The Morgan fingerprint density at radius 2 is 2.15 bits per heavy atom. The highest BCUT2D eigenvalue weighted by Crippen LogP contribution is 2.57. The Kier molecular flexibility index (Phi) is 4.80. The molecule has 4 nitrogen and oxygen atoms in total. The first kappa shape index (κ1) is 17.6. The molecule has 0 radical (unpaired) electrons. The zero-order chi connectivity index (χ0) is 18.1. The van der Waals surface area contributed by atoms with Gasteiger partial charge in [-0.25, -0.2) is 9.37 Å². The minimum absolute atomic E-state index is 0.0425. The summed E-state index contributed by atoms with van der Waals surface area (Å²) in [7, 11) is 0. The molecule has 0 bridgehead atoms. The highest BCUT2D eigenvalue weighted by Gasteiger charge is 2.59. The summed E-state index contributed by atoms with van der Waals surface area (Å²) < 4.78 is 18.8. The summed E-state index contributed by atoms with van der Waals surface area (Å²) in [5.41, 5.74) is 1.15. The molecule has 1 N–H and O–H groups in total. The van der Waals surface area contributed by atoms with Crippen LogP contribution in [0.25, 0.3) is 0 Å². The number of benzene rings is 1. The van der Waals surface area contributed by atoms with Crippen LogP contribution in [0.4, 0.5) is 4.39 Å². The number of nitrogens with zero attached hydrogens (tertiary/aromatic N) is 1. The summed E-state index contributed by atoms with van der Waals surface area (Å²) in [5.74, 6) is -0.289. The maximum atomic E-state index is 13.0. The standard InChI is InChI=1S/C20H23FN2O2S/c1-2-25-17-11-16(20(17)8-3-9-20)23-19(24)15-12-22-18(26-15)10-13-4-6-14(21)7-5-13/h4-7,12,16-17H,2-3,8-11H2,1H3,(H,23,24)/t16-,17-/m0/s1. The molecule has 1 aromatic carbocycles. The third-order valence-electron chi connectivity index (χ3n) is 5.79. The Morgan fingerprint density at radius 3 is 2.81 bits per heavy atom. The van der Waals surface area contributed by atoms with E-state index in [9.17, 15) is 9.18 Å². The molecule has 0 aliphatic heterocycles. The van der Waals surface area contributed by atoms with Gasteiger partial charge in [-0.1, -0.05) is 18.6 Å². The Bertz CT molecular complexity index is 785. The van der Waals surface area contributed by atoms with E-state index in [1.807, 2.05) is 6.92 Å². The molecule has 0 unspecified atom stereocenters. The summed E-state index contributed by atoms with van der Waals surface area (Å²) in [6.07, 6.45) is 6.95. The Labute approximate surface area is 156 Å². The highest BCUT2D eigenvalue weighted by atomic mass is 32.1. The summed E-state index contributed by atoms with van der Waals surface area (Å²) in [6, 6.07) is 6.60. The van der Waals surface area contributed by atoms with Crippen LogP contribution in [0.1, 0.15) is 52.8 Å². The van der Waals surface area contributed by atoms with Gasteiger partial charge in [-0.3, -0.25) is 4.79 Å². The van der Waals surface area contributed by atoms with Gasteiger partial charge in [0.25, 0.3) is 5.91 Å². The van der Waals surface area contributed by atoms with Crippen molar-refractivity contribution in [1.82, 2.24) is 10.3 Å². The van der Waals surface area contributed by atoms with Crippen LogP contribution < -0.4 is 5.32 Å². The van der Waals surface area contributed by atoms with Crippen LogP contribution in [-0.2, 0) is 11.2 Å². The fourth-order valence-corrected chi connectivity index (χ4v) is 5.00. The molecule has 2 atom stereocenters. The lowest BCUT2D eigenvalue weighted by molar-refractivity contribution is -0.169. The van der Waals surface area contributed by atoms with Crippen LogP contribution in [0.15, 0.2) is 30.5 Å². The van der Waals surface area contributed by atoms with E-state index in [0.717, 1.165) is 36.4 Å². The second-order valence-corrected chi connectivity index (χ2v) is 8.33. The number of hydrogen-bond acceptors (Lipinski definition) is 4. The van der Waals surface area contributed by atoms with Crippen molar-refractivity contribution in [2.75, 3.05) is 6.61 Å². The third-order valence-corrected chi connectivity index (χ3v) is 6.78. The van der Waals surface area contributed by atoms with E-state index in [-0.39, 0.29) is 23.2 Å². The van der Waals surface area contributed by atoms with E-state index in [2.05, 4.69) is 10.3 Å². The van der Waals surface area contributed by atoms with Crippen molar-refractivity contribution in [3.8, 4) is 0 Å². The van der Waals surface area contributed by atoms with Crippen molar-refractivity contribution in [3.05, 3.63) is 51.7 Å². The fourth-order valence-electron chi connectivity index (χ4n) is 4.14. The third kappa shape index (κ3) is 3.16. The average molecular weight is 374 g/mol. The molecule has 4 rings (SSSR count). The number of ether oxygens (including phenoxy) is 1. The van der Waals surface area contributed by atoms with Crippen molar-refractivity contribution in [1.29, 1.82) is 0 Å². The van der Waals surface area contributed by atoms with Crippen molar-refractivity contribution in [2.45, 2.75) is 51.2 Å². The number of carbonyl (C=O) groups excluding carboxylic acids is 1. The smallest absolute Gasteiger partial charge is 0.263 e. The first-order valence-corrected chi connectivity index (χ1v) is 10.0. The van der Waals surface area contributed by atoms with Crippen LogP contribution in [-0.4, -0.2) is 29.6 Å². The van der Waals surface area contributed by atoms with Gasteiger partial charge in [-0.05, 0) is 43.9 Å². The molecule has 6 heteroatoms. The molecule has 2 aliphatic rings. The number of amides is 1. The minimum Gasteiger partial charge on any atom is -0.378 e. The van der Waals surface area contributed by atoms with Gasteiger partial charge in [0.15, 0.2) is 0 Å². The zero-order valence-electron chi connectivity index (χ0n) is 14.8. The van der Waals surface area contributed by atoms with E-state index in [4.69, 9.17) is 4.74 Å². The van der Waals surface area contributed by atoms with Crippen LogP contribution in [0, 0.1) is 11.2 Å². The molecule has 1 amide bonds. The number of rotatable bonds is 6. The van der Waals surface area contributed by atoms with Crippen LogP contribution in [0.3, 0.4) is 0 Å². The van der Waals surface area contributed by atoms with Gasteiger partial charge >= 0.3 is 0 Å². The second-order valence-electron chi connectivity index (χ2n) is 7.21. The molecule has 1 heterocycles. The molecule has 138 valence electrons. The predicted molar refractivity (Wildman–Crippen MR) is 98.9 cm³/mol. The first-order chi connectivity index (χ1) is 12.6. The van der Waals surface area contributed by atoms with Gasteiger partial charge in [-0.15, -0.1) is 11.3 Å². The molecule has 1 aromatic heterocycles. The van der Waals surface area contributed by atoms with Crippen molar-refractivity contribution in [3.63, 3.8) is 0 Å². The molecular weight excluding hydrogens is 351 g/mol. The normalized spacial score (nSPS) is 23.3. The van der Waals surface area contributed by atoms with Gasteiger partial charge in [-0.2, -0.15) is 0 Å². The number of hydrogen-bond donors (Lipinski definition) is 1. The van der Waals surface area contributed by atoms with Crippen LogP contribution in [0.2, 0.25) is 0 Å². The van der Waals surface area contributed by atoms with Crippen molar-refractivity contribution < 1.29 is 13.9 Å². The second kappa shape index (κ2) is 7.08. The highest BCUT2D eigenvalue weighted by molar-refractivity contribution is 7.13. The Morgan fingerprint density at radius 1 is 1.38 bits per heavy atom. The number of nitrogens with one attached hydrogen (secondary N) is 1. The van der Waals surface area contributed by atoms with Crippen molar-refractivity contribution in [2.24, 2.45) is 5.41 Å². The lowest BCUT2D eigenvalue weighted by Gasteiger charge is -2.60. The SMILES string of the molecule is CCO[C@H]1C[C@H](NC(=O)c2cnc(Cc3ccc(F)cc3)s2)C12CCC2. The van der Waals surface area contributed by atoms with Gasteiger partial charge in [0.2, 0.25) is 0 Å². The van der Waals surface area contributed by atoms with Gasteiger partial charge in [0.05, 0.1) is 17.3 Å². The molecule has 2 aliphatic carbocycles. The fraction of sp³-hybridized carbons (Fsp3) is 0.500. The van der Waals surface area contributed by atoms with Crippen LogP contribution >= 0.6 is 11.3 Å². The van der Waals surface area contributed by atoms with Gasteiger partial charge in [0, 0.05) is 24.5 Å². The summed E-state index contributed by atoms with van der Waals surface area (Å²) in [4.78, 5) is 17.6. The van der Waals surface area contributed by atoms with E-state index in [1.165, 1.54) is 29.9 Å². The number of thiazole rings is 1. The quantitative estimate of drug-likeness (QED) is 0.833. The van der Waals surface area contributed by atoms with E-state index in [1.54, 1.807) is 18.3 Å². The zero-order valence-corrected chi connectivity index (χ0v) is 15.7. The van der Waals surface area contributed by atoms with E-state index < -0.39 is 0 Å². The number of aromatic nitrogens is 1. The van der Waals surface area contributed by atoms with E-state index in [0.29, 0.717) is 17.4 Å². The average Bonchev–Trinajstić information content (AvgIpc) is 3.03. The molecule has 2 aromatic rings. The largest absolute Gasteiger partial charge is 0.378 e. The maximum absolute atomic E-state index is 13.0. The molecular formula is C20H23FN2O2S. The summed E-state index contributed by atoms with van der Waals surface area (Å²) in [5, 5.41) is 4.06. The van der Waals surface area contributed by atoms with Crippen LogP contribution in [0.5, 0.6) is 0 Å². The molecule has 2 fully saturated rings. The van der Waals surface area contributed by atoms with Gasteiger partial charge < -0.3 is 10.1 Å². The lowest BCUT2D eigenvalue weighted by atomic mass is 9.51.